The van der Waals surface area contributed by atoms with E-state index < -0.39 is 0 Å². The van der Waals surface area contributed by atoms with Crippen molar-refractivity contribution in [3.63, 3.8) is 0 Å². The Morgan fingerprint density at radius 3 is 2.89 bits per heavy atom. The first-order valence-corrected chi connectivity index (χ1v) is 5.81. The third-order valence-electron chi connectivity index (χ3n) is 2.82. The van der Waals surface area contributed by atoms with Crippen LogP contribution in [0.15, 0.2) is 48.8 Å². The van der Waals surface area contributed by atoms with Crippen molar-refractivity contribution in [3.8, 4) is 5.75 Å². The maximum Gasteiger partial charge on any atom is 0.262 e. The fraction of sp³-hybridized carbons (Fsp3) is 0.143. The van der Waals surface area contributed by atoms with Gasteiger partial charge in [-0.25, -0.2) is 0 Å². The number of hydrogen-bond acceptors (Lipinski definition) is 2. The second kappa shape index (κ2) is 4.49. The number of fused-ring (bicyclic) bond motifs is 1. The van der Waals surface area contributed by atoms with E-state index >= 15 is 0 Å². The molecule has 2 heterocycles. The Morgan fingerprint density at radius 2 is 2.06 bits per heavy atom. The molecule has 90 valence electrons. The second-order valence-corrected chi connectivity index (χ2v) is 4.22. The molecule has 0 atom stereocenters. The quantitative estimate of drug-likeness (QED) is 0.806. The van der Waals surface area contributed by atoms with Gasteiger partial charge in [0.2, 0.25) is 0 Å². The van der Waals surface area contributed by atoms with E-state index in [0.29, 0.717) is 0 Å². The number of nitrogens with one attached hydrogen (secondary N) is 1. The van der Waals surface area contributed by atoms with Crippen molar-refractivity contribution in [1.82, 2.24) is 0 Å². The van der Waals surface area contributed by atoms with Crippen LogP contribution in [0.1, 0.15) is 5.56 Å². The summed E-state index contributed by atoms with van der Waals surface area (Å²) in [4.78, 5) is 11.3. The molecule has 1 N–H and O–H groups in total. The van der Waals surface area contributed by atoms with Crippen LogP contribution in [0.2, 0.25) is 0 Å². The second-order valence-electron chi connectivity index (χ2n) is 4.22. The molecular weight excluding hydrogens is 228 g/mol. The summed E-state index contributed by atoms with van der Waals surface area (Å²) in [6.07, 6.45) is 3.84. The topological polar surface area (TPSA) is 42.2 Å². The smallest absolute Gasteiger partial charge is 0.262 e. The molecule has 4 heteroatoms. The van der Waals surface area contributed by atoms with Gasteiger partial charge in [0, 0.05) is 11.6 Å². The molecule has 1 aliphatic rings. The number of carbonyl (C=O) groups is 1. The molecule has 1 aromatic carbocycles. The molecule has 1 aliphatic heterocycles. The van der Waals surface area contributed by atoms with Gasteiger partial charge in [0.05, 0.1) is 0 Å². The minimum atomic E-state index is -0.111. The van der Waals surface area contributed by atoms with Gasteiger partial charge in [0.15, 0.2) is 31.3 Å². The van der Waals surface area contributed by atoms with Crippen molar-refractivity contribution in [3.05, 3.63) is 54.4 Å². The van der Waals surface area contributed by atoms with Gasteiger partial charge in [-0.05, 0) is 0 Å². The first-order chi connectivity index (χ1) is 8.81. The normalized spacial score (nSPS) is 13.4. The Balaban J connectivity index is 1.86. The van der Waals surface area contributed by atoms with Gasteiger partial charge in [-0.15, -0.1) is 0 Å². The number of pyridine rings is 1. The highest BCUT2D eigenvalue weighted by Crippen LogP contribution is 2.24. The lowest BCUT2D eigenvalue weighted by atomic mass is 10.2. The van der Waals surface area contributed by atoms with Crippen LogP contribution in [0.25, 0.3) is 0 Å². The molecule has 0 unspecified atom stereocenters. The van der Waals surface area contributed by atoms with E-state index in [4.69, 9.17) is 4.74 Å². The predicted octanol–water partition coefficient (Wildman–Crippen LogP) is 1.35. The first-order valence-electron chi connectivity index (χ1n) is 5.81. The van der Waals surface area contributed by atoms with Crippen molar-refractivity contribution in [2.24, 2.45) is 0 Å². The molecule has 0 aliphatic carbocycles. The van der Waals surface area contributed by atoms with E-state index in [1.165, 1.54) is 5.56 Å². The lowest BCUT2D eigenvalue weighted by Gasteiger charge is -2.15. The summed E-state index contributed by atoms with van der Waals surface area (Å²) in [6.45, 7) is 0.861. The maximum absolute atomic E-state index is 11.3. The molecule has 0 radical (unpaired) electrons. The number of nitrogens with zero attached hydrogens (tertiary/aromatic N) is 1. The SMILES string of the molecule is O=C1COc2cc[n+](Cc3ccccc3)cc2N1. The molecule has 3 rings (SSSR count). The van der Waals surface area contributed by atoms with Gasteiger partial charge < -0.3 is 10.1 Å². The standard InChI is InChI=1S/C14H12N2O2/c17-14-10-18-13-6-7-16(9-12(13)15-14)8-11-4-2-1-3-5-11/h1-7,9H,8,10H2/p+1. The Hall–Kier alpha value is -2.36. The maximum atomic E-state index is 11.3. The summed E-state index contributed by atoms with van der Waals surface area (Å²) in [7, 11) is 0. The number of carbonyl (C=O) groups excluding carboxylic acids is 1. The zero-order chi connectivity index (χ0) is 12.4. The number of ether oxygens (including phenoxy) is 1. The Morgan fingerprint density at radius 1 is 1.22 bits per heavy atom. The molecule has 4 nitrogen and oxygen atoms in total. The van der Waals surface area contributed by atoms with Crippen molar-refractivity contribution in [2.45, 2.75) is 6.54 Å². The lowest BCUT2D eigenvalue weighted by Crippen LogP contribution is -2.36. The van der Waals surface area contributed by atoms with Crippen LogP contribution in [0.5, 0.6) is 5.75 Å². The molecule has 18 heavy (non-hydrogen) atoms. The average Bonchev–Trinajstić information content (AvgIpc) is 2.39. The Kier molecular flexibility index (Phi) is 2.68. The van der Waals surface area contributed by atoms with E-state index in [1.54, 1.807) is 0 Å². The van der Waals surface area contributed by atoms with E-state index in [9.17, 15) is 4.79 Å². The van der Waals surface area contributed by atoms with Gasteiger partial charge in [0.1, 0.15) is 5.69 Å². The monoisotopic (exact) mass is 241 g/mol. The highest BCUT2D eigenvalue weighted by atomic mass is 16.5. The highest BCUT2D eigenvalue weighted by molar-refractivity contribution is 5.94. The molecule has 0 spiro atoms. The minimum Gasteiger partial charge on any atom is -0.481 e. The summed E-state index contributed by atoms with van der Waals surface area (Å²) >= 11 is 0. The van der Waals surface area contributed by atoms with E-state index in [0.717, 1.165) is 18.0 Å². The summed E-state index contributed by atoms with van der Waals surface area (Å²) in [5.74, 6) is 0.610. The number of anilines is 1. The van der Waals surface area contributed by atoms with Crippen molar-refractivity contribution >= 4 is 11.6 Å². The molecule has 1 amide bonds. The fourth-order valence-corrected chi connectivity index (χ4v) is 1.97. The minimum absolute atomic E-state index is 0.0930. The average molecular weight is 241 g/mol. The number of rotatable bonds is 2. The van der Waals surface area contributed by atoms with Crippen LogP contribution in [0.3, 0.4) is 0 Å². The summed E-state index contributed by atoms with van der Waals surface area (Å²) in [6, 6.07) is 12.0. The van der Waals surface area contributed by atoms with Crippen LogP contribution in [-0.4, -0.2) is 12.5 Å². The summed E-state index contributed by atoms with van der Waals surface area (Å²) in [5, 5.41) is 2.80. The molecule has 0 saturated heterocycles. The molecule has 2 aromatic rings. The van der Waals surface area contributed by atoms with Gasteiger partial charge in [-0.2, -0.15) is 4.57 Å². The van der Waals surface area contributed by atoms with Crippen LogP contribution in [0.4, 0.5) is 5.69 Å². The summed E-state index contributed by atoms with van der Waals surface area (Å²) < 4.78 is 7.33. The van der Waals surface area contributed by atoms with Crippen LogP contribution < -0.4 is 14.6 Å². The molecule has 1 aromatic heterocycles. The summed E-state index contributed by atoms with van der Waals surface area (Å²) in [5.41, 5.74) is 1.94. The largest absolute Gasteiger partial charge is 0.481 e. The van der Waals surface area contributed by atoms with Crippen molar-refractivity contribution in [1.29, 1.82) is 0 Å². The number of benzene rings is 1. The van der Waals surface area contributed by atoms with Gasteiger partial charge >= 0.3 is 0 Å². The van der Waals surface area contributed by atoms with E-state index in [2.05, 4.69) is 17.4 Å². The zero-order valence-corrected chi connectivity index (χ0v) is 9.80. The van der Waals surface area contributed by atoms with Crippen LogP contribution in [-0.2, 0) is 11.3 Å². The zero-order valence-electron chi connectivity index (χ0n) is 9.80. The molecule has 0 saturated carbocycles. The lowest BCUT2D eigenvalue weighted by molar-refractivity contribution is -0.687. The number of hydrogen-bond donors (Lipinski definition) is 1. The molecule has 0 bridgehead atoms. The highest BCUT2D eigenvalue weighted by Gasteiger charge is 2.19. The molecular formula is C14H13N2O2+. The van der Waals surface area contributed by atoms with Gasteiger partial charge in [-0.3, -0.25) is 4.79 Å². The van der Waals surface area contributed by atoms with Crippen LogP contribution >= 0.6 is 0 Å². The van der Waals surface area contributed by atoms with Gasteiger partial charge in [0.25, 0.3) is 5.91 Å². The fourth-order valence-electron chi connectivity index (χ4n) is 1.97. The third kappa shape index (κ3) is 2.18. The van der Waals surface area contributed by atoms with Crippen molar-refractivity contribution in [2.75, 3.05) is 11.9 Å². The third-order valence-corrected chi connectivity index (χ3v) is 2.82. The van der Waals surface area contributed by atoms with Crippen LogP contribution in [0, 0.1) is 0 Å². The first kappa shape index (κ1) is 10.8. The van der Waals surface area contributed by atoms with Crippen molar-refractivity contribution < 1.29 is 14.1 Å². The Bertz CT molecular complexity index is 582. The van der Waals surface area contributed by atoms with E-state index in [-0.39, 0.29) is 12.5 Å². The number of amides is 1. The van der Waals surface area contributed by atoms with E-state index in [1.807, 2.05) is 41.2 Å². The molecule has 0 fully saturated rings. The number of aromatic nitrogens is 1. The van der Waals surface area contributed by atoms with Gasteiger partial charge in [-0.1, -0.05) is 30.3 Å². The predicted molar refractivity (Wildman–Crippen MR) is 66.3 cm³/mol. The Labute approximate surface area is 105 Å².